The van der Waals surface area contributed by atoms with Crippen LogP contribution in [0.15, 0.2) is 48.5 Å². The van der Waals surface area contributed by atoms with Gasteiger partial charge in [-0.05, 0) is 42.5 Å². The molecule has 0 fully saturated rings. The summed E-state index contributed by atoms with van der Waals surface area (Å²) < 4.78 is 1.64. The van der Waals surface area contributed by atoms with Gasteiger partial charge in [-0.25, -0.2) is 4.68 Å². The molecule has 106 valence electrons. The molecule has 6 heteroatoms. The maximum atomic E-state index is 6.20. The van der Waals surface area contributed by atoms with Crippen LogP contribution in [0.2, 0.25) is 15.1 Å². The van der Waals surface area contributed by atoms with Gasteiger partial charge in [-0.2, -0.15) is 5.10 Å². The largest absolute Gasteiger partial charge is 0.384 e. The van der Waals surface area contributed by atoms with Crippen LogP contribution in [-0.2, 0) is 0 Å². The van der Waals surface area contributed by atoms with Crippen LogP contribution < -0.4 is 5.73 Å². The molecule has 0 saturated carbocycles. The van der Waals surface area contributed by atoms with Crippen LogP contribution in [0.5, 0.6) is 0 Å². The standard InChI is InChI=1S/C15H10Cl3N3/c16-9-1-4-11(5-2-9)21-15(19)8-14(20-21)12-6-3-10(17)7-13(12)18/h1-8H,19H2. The molecule has 0 atom stereocenters. The number of nitrogen functional groups attached to an aromatic ring is 1. The number of halogens is 3. The summed E-state index contributed by atoms with van der Waals surface area (Å²) in [5.41, 5.74) is 8.32. The molecular formula is C15H10Cl3N3. The fraction of sp³-hybridized carbons (Fsp3) is 0. The van der Waals surface area contributed by atoms with Crippen molar-refractivity contribution in [1.82, 2.24) is 9.78 Å². The van der Waals surface area contributed by atoms with Gasteiger partial charge >= 0.3 is 0 Å². The molecular weight excluding hydrogens is 329 g/mol. The van der Waals surface area contributed by atoms with Crippen LogP contribution in [0, 0.1) is 0 Å². The van der Waals surface area contributed by atoms with Gasteiger partial charge in [0.2, 0.25) is 0 Å². The monoisotopic (exact) mass is 337 g/mol. The molecule has 1 heterocycles. The van der Waals surface area contributed by atoms with Crippen LogP contribution in [0.3, 0.4) is 0 Å². The van der Waals surface area contributed by atoms with Gasteiger partial charge in [0.25, 0.3) is 0 Å². The molecule has 3 rings (SSSR count). The minimum absolute atomic E-state index is 0.512. The predicted octanol–water partition coefficient (Wildman–Crippen LogP) is 5.08. The third-order valence-electron chi connectivity index (χ3n) is 3.02. The average molecular weight is 339 g/mol. The molecule has 21 heavy (non-hydrogen) atoms. The number of anilines is 1. The van der Waals surface area contributed by atoms with E-state index in [2.05, 4.69) is 5.10 Å². The zero-order valence-electron chi connectivity index (χ0n) is 10.7. The summed E-state index contributed by atoms with van der Waals surface area (Å²) in [6, 6.07) is 14.3. The first-order valence-corrected chi connectivity index (χ1v) is 7.25. The third kappa shape index (κ3) is 2.86. The molecule has 0 spiro atoms. The summed E-state index contributed by atoms with van der Waals surface area (Å²) in [4.78, 5) is 0. The van der Waals surface area contributed by atoms with Crippen molar-refractivity contribution in [3.05, 3.63) is 63.6 Å². The number of nitrogens with two attached hydrogens (primary N) is 1. The van der Waals surface area contributed by atoms with Gasteiger partial charge in [-0.1, -0.05) is 34.8 Å². The Hall–Kier alpha value is -1.68. The molecule has 0 aliphatic heterocycles. The quantitative estimate of drug-likeness (QED) is 0.708. The number of aromatic nitrogens is 2. The highest BCUT2D eigenvalue weighted by molar-refractivity contribution is 6.36. The molecule has 2 aromatic carbocycles. The first-order valence-electron chi connectivity index (χ1n) is 6.11. The summed E-state index contributed by atoms with van der Waals surface area (Å²) in [5, 5.41) is 6.26. The lowest BCUT2D eigenvalue weighted by atomic mass is 10.1. The minimum atomic E-state index is 0.512. The molecule has 0 saturated heterocycles. The van der Waals surface area contributed by atoms with Crippen LogP contribution in [0.4, 0.5) is 5.82 Å². The molecule has 0 aliphatic carbocycles. The number of hydrogen-bond acceptors (Lipinski definition) is 2. The number of rotatable bonds is 2. The highest BCUT2D eigenvalue weighted by atomic mass is 35.5. The molecule has 0 radical (unpaired) electrons. The molecule has 1 aromatic heterocycles. The zero-order chi connectivity index (χ0) is 15.0. The van der Waals surface area contributed by atoms with Gasteiger partial charge in [0.05, 0.1) is 16.4 Å². The maximum absolute atomic E-state index is 6.20. The van der Waals surface area contributed by atoms with Crippen molar-refractivity contribution in [1.29, 1.82) is 0 Å². The van der Waals surface area contributed by atoms with E-state index >= 15 is 0 Å². The molecule has 0 aliphatic rings. The van der Waals surface area contributed by atoms with Crippen molar-refractivity contribution in [3.8, 4) is 16.9 Å². The Morgan fingerprint density at radius 1 is 0.857 bits per heavy atom. The van der Waals surface area contributed by atoms with E-state index < -0.39 is 0 Å². The Morgan fingerprint density at radius 3 is 2.19 bits per heavy atom. The van der Waals surface area contributed by atoms with E-state index in [9.17, 15) is 0 Å². The molecule has 0 amide bonds. The first-order chi connectivity index (χ1) is 10.0. The summed E-state index contributed by atoms with van der Waals surface area (Å²) in [7, 11) is 0. The van der Waals surface area contributed by atoms with E-state index in [-0.39, 0.29) is 0 Å². The predicted molar refractivity (Wildman–Crippen MR) is 88.4 cm³/mol. The van der Waals surface area contributed by atoms with E-state index in [0.29, 0.717) is 26.6 Å². The van der Waals surface area contributed by atoms with E-state index in [4.69, 9.17) is 40.5 Å². The molecule has 3 aromatic rings. The smallest absolute Gasteiger partial charge is 0.127 e. The van der Waals surface area contributed by atoms with Crippen molar-refractivity contribution in [2.45, 2.75) is 0 Å². The second-order valence-corrected chi connectivity index (χ2v) is 5.75. The Morgan fingerprint density at radius 2 is 1.52 bits per heavy atom. The normalized spacial score (nSPS) is 10.8. The number of nitrogens with zero attached hydrogens (tertiary/aromatic N) is 2. The van der Waals surface area contributed by atoms with Crippen LogP contribution >= 0.6 is 34.8 Å². The fourth-order valence-corrected chi connectivity index (χ4v) is 2.64. The van der Waals surface area contributed by atoms with E-state index in [0.717, 1.165) is 11.3 Å². The number of benzene rings is 2. The van der Waals surface area contributed by atoms with Gasteiger partial charge in [0.15, 0.2) is 0 Å². The van der Waals surface area contributed by atoms with Crippen LogP contribution in [0.25, 0.3) is 16.9 Å². The van der Waals surface area contributed by atoms with E-state index in [1.54, 1.807) is 35.0 Å². The van der Waals surface area contributed by atoms with Crippen LogP contribution in [0.1, 0.15) is 0 Å². The topological polar surface area (TPSA) is 43.8 Å². The van der Waals surface area contributed by atoms with Crippen LogP contribution in [-0.4, -0.2) is 9.78 Å². The lowest BCUT2D eigenvalue weighted by Crippen LogP contribution is -2.01. The highest BCUT2D eigenvalue weighted by Crippen LogP contribution is 2.31. The lowest BCUT2D eigenvalue weighted by molar-refractivity contribution is 0.895. The minimum Gasteiger partial charge on any atom is -0.384 e. The lowest BCUT2D eigenvalue weighted by Gasteiger charge is -2.04. The van der Waals surface area contributed by atoms with Crippen molar-refractivity contribution in [2.24, 2.45) is 0 Å². The molecule has 3 nitrogen and oxygen atoms in total. The highest BCUT2D eigenvalue weighted by Gasteiger charge is 2.12. The number of hydrogen-bond donors (Lipinski definition) is 1. The summed E-state index contributed by atoms with van der Waals surface area (Å²) >= 11 is 18.0. The SMILES string of the molecule is Nc1cc(-c2ccc(Cl)cc2Cl)nn1-c1ccc(Cl)cc1. The van der Waals surface area contributed by atoms with Gasteiger partial charge in [-0.15, -0.1) is 0 Å². The summed E-state index contributed by atoms with van der Waals surface area (Å²) in [6.45, 7) is 0. The fourth-order valence-electron chi connectivity index (χ4n) is 2.01. The van der Waals surface area contributed by atoms with Crippen molar-refractivity contribution >= 4 is 40.6 Å². The Labute approximate surface area is 136 Å². The summed E-state index contributed by atoms with van der Waals surface area (Å²) in [5.74, 6) is 0.512. The van der Waals surface area contributed by atoms with Crippen molar-refractivity contribution in [2.75, 3.05) is 5.73 Å². The van der Waals surface area contributed by atoms with Gasteiger partial charge in [0, 0.05) is 21.7 Å². The second-order valence-electron chi connectivity index (χ2n) is 4.47. The Kier molecular flexibility index (Phi) is 3.81. The Balaban J connectivity index is 2.07. The molecule has 0 unspecified atom stereocenters. The van der Waals surface area contributed by atoms with Crippen molar-refractivity contribution in [3.63, 3.8) is 0 Å². The molecule has 2 N–H and O–H groups in total. The zero-order valence-corrected chi connectivity index (χ0v) is 13.0. The Bertz CT molecular complexity index is 794. The average Bonchev–Trinajstić information content (AvgIpc) is 2.81. The first kappa shape index (κ1) is 14.3. The van der Waals surface area contributed by atoms with Gasteiger partial charge in [-0.3, -0.25) is 0 Å². The molecule has 0 bridgehead atoms. The van der Waals surface area contributed by atoms with Gasteiger partial charge in [0.1, 0.15) is 5.82 Å². The summed E-state index contributed by atoms with van der Waals surface area (Å²) in [6.07, 6.45) is 0. The maximum Gasteiger partial charge on any atom is 0.127 e. The van der Waals surface area contributed by atoms with Crippen molar-refractivity contribution < 1.29 is 0 Å². The van der Waals surface area contributed by atoms with E-state index in [1.807, 2.05) is 18.2 Å². The second kappa shape index (κ2) is 5.60. The van der Waals surface area contributed by atoms with Gasteiger partial charge < -0.3 is 5.73 Å². The van der Waals surface area contributed by atoms with E-state index in [1.165, 1.54) is 0 Å². The third-order valence-corrected chi connectivity index (χ3v) is 3.81.